The molecule has 0 bridgehead atoms. The normalized spacial score (nSPS) is 11.5. The van der Waals surface area contributed by atoms with Gasteiger partial charge in [-0.05, 0) is 54.4 Å². The first kappa shape index (κ1) is 19.3. The maximum atomic E-state index is 12.6. The molecule has 0 fully saturated rings. The number of carbonyl (C=O) groups excluding carboxylic acids is 1. The summed E-state index contributed by atoms with van der Waals surface area (Å²) in [5.74, 6) is -0.229. The van der Waals surface area contributed by atoms with Gasteiger partial charge in [0.2, 0.25) is 10.0 Å². The van der Waals surface area contributed by atoms with Gasteiger partial charge in [-0.1, -0.05) is 6.92 Å². The van der Waals surface area contributed by atoms with Gasteiger partial charge in [0.15, 0.2) is 0 Å². The molecule has 0 spiro atoms. The molecule has 2 aromatic carbocycles. The number of fused-ring (bicyclic) bond motifs is 1. The van der Waals surface area contributed by atoms with Gasteiger partial charge in [0, 0.05) is 29.4 Å². The molecule has 7 nitrogen and oxygen atoms in total. The van der Waals surface area contributed by atoms with E-state index in [9.17, 15) is 13.2 Å². The molecule has 1 heterocycles. The highest BCUT2D eigenvalue weighted by atomic mass is 32.2. The van der Waals surface area contributed by atoms with Crippen LogP contribution in [0.25, 0.3) is 10.1 Å². The Labute approximate surface area is 161 Å². The second-order valence-electron chi connectivity index (χ2n) is 5.80. The Balaban J connectivity index is 1.89. The maximum absolute atomic E-state index is 12.6. The molecular formula is C18H19N3O4S2. The third kappa shape index (κ3) is 4.26. The number of aromatic nitrogens is 1. The highest BCUT2D eigenvalue weighted by molar-refractivity contribution is 7.89. The van der Waals surface area contributed by atoms with E-state index in [1.807, 2.05) is 19.1 Å². The molecular weight excluding hydrogens is 386 g/mol. The molecule has 0 aliphatic carbocycles. The number of amides is 1. The summed E-state index contributed by atoms with van der Waals surface area (Å²) >= 11 is 1.38. The molecule has 2 N–H and O–H groups in total. The molecule has 0 radical (unpaired) electrons. The third-order valence-corrected chi connectivity index (χ3v) is 6.13. The van der Waals surface area contributed by atoms with Crippen molar-refractivity contribution in [1.29, 1.82) is 0 Å². The molecule has 3 rings (SSSR count). The number of anilines is 1. The Bertz CT molecular complexity index is 1080. The zero-order valence-corrected chi connectivity index (χ0v) is 16.5. The first-order valence-corrected chi connectivity index (χ1v) is 10.5. The zero-order valence-electron chi connectivity index (χ0n) is 14.9. The number of nitrogens with zero attached hydrogens (tertiary/aromatic N) is 1. The van der Waals surface area contributed by atoms with Gasteiger partial charge >= 0.3 is 0 Å². The molecule has 0 saturated carbocycles. The summed E-state index contributed by atoms with van der Waals surface area (Å²) in [6.07, 6.45) is 2.38. The molecule has 3 aromatic rings. The molecule has 0 unspecified atom stereocenters. The number of hydrogen-bond donors (Lipinski definition) is 2. The fraction of sp³-hybridized carbons (Fsp3) is 0.222. The zero-order chi connectivity index (χ0) is 19.4. The fourth-order valence-electron chi connectivity index (χ4n) is 2.50. The molecule has 0 aliphatic heterocycles. The van der Waals surface area contributed by atoms with Crippen LogP contribution in [0.2, 0.25) is 0 Å². The van der Waals surface area contributed by atoms with Crippen molar-refractivity contribution in [2.45, 2.75) is 18.2 Å². The summed E-state index contributed by atoms with van der Waals surface area (Å²) in [4.78, 5) is 12.5. The third-order valence-electron chi connectivity index (χ3n) is 3.87. The lowest BCUT2D eigenvalue weighted by Crippen LogP contribution is -2.25. The Morgan fingerprint density at radius 3 is 2.78 bits per heavy atom. The quantitative estimate of drug-likeness (QED) is 0.629. The number of hydrogen-bond acceptors (Lipinski definition) is 6. The van der Waals surface area contributed by atoms with Crippen molar-refractivity contribution in [3.63, 3.8) is 0 Å². The predicted molar refractivity (Wildman–Crippen MR) is 106 cm³/mol. The largest absolute Gasteiger partial charge is 0.495 e. The van der Waals surface area contributed by atoms with Crippen molar-refractivity contribution < 1.29 is 17.9 Å². The van der Waals surface area contributed by atoms with E-state index in [1.54, 1.807) is 12.3 Å². The van der Waals surface area contributed by atoms with Crippen LogP contribution in [-0.2, 0) is 10.0 Å². The van der Waals surface area contributed by atoms with Gasteiger partial charge in [-0.15, -0.1) is 0 Å². The van der Waals surface area contributed by atoms with Gasteiger partial charge in [0.1, 0.15) is 10.6 Å². The monoisotopic (exact) mass is 405 g/mol. The Morgan fingerprint density at radius 2 is 2.04 bits per heavy atom. The number of sulfonamides is 1. The summed E-state index contributed by atoms with van der Waals surface area (Å²) < 4.78 is 37.7. The number of rotatable bonds is 7. The van der Waals surface area contributed by atoms with E-state index >= 15 is 0 Å². The number of ether oxygens (including phenoxy) is 1. The smallest absolute Gasteiger partial charge is 0.255 e. The maximum Gasteiger partial charge on any atom is 0.255 e. The standard InChI is InChI=1S/C18H19N3O4S2/c1-3-8-20-27(23,24)17-10-12(4-6-15(17)25-2)18(22)21-14-5-7-16-13(9-14)11-19-26-16/h4-7,9-11,20H,3,8H2,1-2H3,(H,21,22). The van der Waals surface area contributed by atoms with Crippen LogP contribution in [0.4, 0.5) is 5.69 Å². The number of benzene rings is 2. The second-order valence-corrected chi connectivity index (χ2v) is 8.36. The molecule has 142 valence electrons. The molecule has 0 aliphatic rings. The van der Waals surface area contributed by atoms with Crippen molar-refractivity contribution in [1.82, 2.24) is 9.10 Å². The van der Waals surface area contributed by atoms with E-state index in [-0.39, 0.29) is 16.2 Å². The summed E-state index contributed by atoms with van der Waals surface area (Å²) in [7, 11) is -2.39. The van der Waals surface area contributed by atoms with Gasteiger partial charge in [-0.25, -0.2) is 13.1 Å². The Hall–Kier alpha value is -2.49. The fourth-order valence-corrected chi connectivity index (χ4v) is 4.45. The SMILES string of the molecule is CCCNS(=O)(=O)c1cc(C(=O)Nc2ccc3sncc3c2)ccc1OC. The number of nitrogens with one attached hydrogen (secondary N) is 2. The average molecular weight is 406 g/mol. The first-order valence-electron chi connectivity index (χ1n) is 8.28. The predicted octanol–water partition coefficient (Wildman–Crippen LogP) is 3.25. The molecule has 1 aromatic heterocycles. The van der Waals surface area contributed by atoms with Crippen LogP contribution < -0.4 is 14.8 Å². The first-order chi connectivity index (χ1) is 12.9. The summed E-state index contributed by atoms with van der Waals surface area (Å²) in [6, 6.07) is 9.79. The van der Waals surface area contributed by atoms with Gasteiger partial charge in [0.25, 0.3) is 5.91 Å². The van der Waals surface area contributed by atoms with Gasteiger partial charge in [-0.3, -0.25) is 4.79 Å². The molecule has 0 atom stereocenters. The van der Waals surface area contributed by atoms with Crippen LogP contribution in [0, 0.1) is 0 Å². The van der Waals surface area contributed by atoms with Crippen molar-refractivity contribution in [2.75, 3.05) is 19.0 Å². The van der Waals surface area contributed by atoms with Crippen LogP contribution in [0.15, 0.2) is 47.5 Å². The summed E-state index contributed by atoms with van der Waals surface area (Å²) in [5, 5.41) is 3.71. The summed E-state index contributed by atoms with van der Waals surface area (Å²) in [6.45, 7) is 2.17. The lowest BCUT2D eigenvalue weighted by molar-refractivity contribution is 0.102. The number of carbonyl (C=O) groups is 1. The highest BCUT2D eigenvalue weighted by Gasteiger charge is 2.21. The van der Waals surface area contributed by atoms with E-state index in [1.165, 1.54) is 36.8 Å². The minimum absolute atomic E-state index is 0.0661. The van der Waals surface area contributed by atoms with E-state index in [0.717, 1.165) is 10.1 Å². The average Bonchev–Trinajstić information content (AvgIpc) is 3.13. The van der Waals surface area contributed by atoms with Crippen molar-refractivity contribution in [2.24, 2.45) is 0 Å². The molecule has 27 heavy (non-hydrogen) atoms. The highest BCUT2D eigenvalue weighted by Crippen LogP contribution is 2.26. The minimum Gasteiger partial charge on any atom is -0.495 e. The van der Waals surface area contributed by atoms with Gasteiger partial charge < -0.3 is 10.1 Å². The van der Waals surface area contributed by atoms with Crippen LogP contribution >= 0.6 is 11.5 Å². The van der Waals surface area contributed by atoms with E-state index in [2.05, 4.69) is 14.4 Å². The molecule has 9 heteroatoms. The van der Waals surface area contributed by atoms with Crippen molar-refractivity contribution in [3.05, 3.63) is 48.2 Å². The van der Waals surface area contributed by atoms with Crippen LogP contribution in [0.5, 0.6) is 5.75 Å². The van der Waals surface area contributed by atoms with Crippen molar-refractivity contribution >= 4 is 43.2 Å². The Kier molecular flexibility index (Phi) is 5.73. The van der Waals surface area contributed by atoms with Crippen LogP contribution in [0.1, 0.15) is 23.7 Å². The Morgan fingerprint density at radius 1 is 1.22 bits per heavy atom. The van der Waals surface area contributed by atoms with Crippen LogP contribution in [-0.4, -0.2) is 32.4 Å². The topological polar surface area (TPSA) is 97.4 Å². The van der Waals surface area contributed by atoms with E-state index in [0.29, 0.717) is 18.7 Å². The van der Waals surface area contributed by atoms with Crippen LogP contribution in [0.3, 0.4) is 0 Å². The second kappa shape index (κ2) is 8.03. The van der Waals surface area contributed by atoms with Gasteiger partial charge in [-0.2, -0.15) is 4.37 Å². The van der Waals surface area contributed by atoms with E-state index < -0.39 is 15.9 Å². The molecule has 0 saturated heterocycles. The minimum atomic E-state index is -3.78. The summed E-state index contributed by atoms with van der Waals surface area (Å²) in [5.41, 5.74) is 0.827. The van der Waals surface area contributed by atoms with E-state index in [4.69, 9.17) is 4.74 Å². The number of methoxy groups -OCH3 is 1. The lowest BCUT2D eigenvalue weighted by atomic mass is 10.2. The lowest BCUT2D eigenvalue weighted by Gasteiger charge is -2.12. The molecule has 1 amide bonds. The van der Waals surface area contributed by atoms with Crippen molar-refractivity contribution in [3.8, 4) is 5.75 Å². The van der Waals surface area contributed by atoms with Gasteiger partial charge in [0.05, 0.1) is 11.8 Å².